The molecule has 2 aromatic carbocycles. The number of hydrogen-bond donors (Lipinski definition) is 2. The van der Waals surface area contributed by atoms with E-state index in [-0.39, 0.29) is 18.1 Å². The van der Waals surface area contributed by atoms with Gasteiger partial charge in [0.25, 0.3) is 5.91 Å². The van der Waals surface area contributed by atoms with Gasteiger partial charge in [-0.3, -0.25) is 9.59 Å². The van der Waals surface area contributed by atoms with Crippen LogP contribution in [0.25, 0.3) is 10.9 Å². The zero-order chi connectivity index (χ0) is 17.1. The maximum absolute atomic E-state index is 12.1. The number of nitrogens with one attached hydrogen (secondary N) is 2. The van der Waals surface area contributed by atoms with E-state index in [2.05, 4.69) is 10.3 Å². The lowest BCUT2D eigenvalue weighted by atomic mass is 10.2. The van der Waals surface area contributed by atoms with Crippen molar-refractivity contribution < 1.29 is 9.53 Å². The number of amides is 1. The summed E-state index contributed by atoms with van der Waals surface area (Å²) in [5.74, 6) is 0.138. The van der Waals surface area contributed by atoms with Crippen LogP contribution in [0.2, 0.25) is 5.02 Å². The van der Waals surface area contributed by atoms with Crippen molar-refractivity contribution in [2.45, 2.75) is 6.92 Å². The van der Waals surface area contributed by atoms with Gasteiger partial charge in [-0.2, -0.15) is 0 Å². The number of benzene rings is 2. The summed E-state index contributed by atoms with van der Waals surface area (Å²) < 4.78 is 5.56. The van der Waals surface area contributed by atoms with Crippen molar-refractivity contribution in [1.82, 2.24) is 4.98 Å². The standard InChI is InChI=1S/C18H15ClN2O3/c1-11-5-7-13(19)9-14(11)20-17(23)10-24-15-4-2-3-12-6-8-16(22)21-18(12)15/h2-9H,10H2,1H3,(H,20,23)(H,21,22). The van der Waals surface area contributed by atoms with Crippen molar-refractivity contribution in [3.8, 4) is 5.75 Å². The van der Waals surface area contributed by atoms with Gasteiger partial charge in [0.15, 0.2) is 6.61 Å². The largest absolute Gasteiger partial charge is 0.482 e. The van der Waals surface area contributed by atoms with Crippen LogP contribution in [0.3, 0.4) is 0 Å². The molecule has 6 heteroatoms. The Morgan fingerprint density at radius 1 is 1.21 bits per heavy atom. The number of para-hydroxylation sites is 1. The van der Waals surface area contributed by atoms with E-state index in [9.17, 15) is 9.59 Å². The Hall–Kier alpha value is -2.79. The number of aromatic nitrogens is 1. The monoisotopic (exact) mass is 342 g/mol. The Balaban J connectivity index is 1.74. The first-order valence-corrected chi connectivity index (χ1v) is 7.71. The molecule has 0 aliphatic carbocycles. The fourth-order valence-corrected chi connectivity index (χ4v) is 2.50. The normalized spacial score (nSPS) is 10.6. The molecular weight excluding hydrogens is 328 g/mol. The van der Waals surface area contributed by atoms with Gasteiger partial charge in [-0.25, -0.2) is 0 Å². The fourth-order valence-electron chi connectivity index (χ4n) is 2.33. The van der Waals surface area contributed by atoms with E-state index in [0.29, 0.717) is 22.0 Å². The number of fused-ring (bicyclic) bond motifs is 1. The van der Waals surface area contributed by atoms with Crippen molar-refractivity contribution in [3.05, 3.63) is 69.5 Å². The summed E-state index contributed by atoms with van der Waals surface area (Å²) in [5.41, 5.74) is 1.89. The number of carbonyl (C=O) groups is 1. The Labute approximate surface area is 143 Å². The van der Waals surface area contributed by atoms with Crippen LogP contribution in [0.1, 0.15) is 5.56 Å². The van der Waals surface area contributed by atoms with Crippen LogP contribution in [0.15, 0.2) is 53.3 Å². The molecule has 1 amide bonds. The summed E-state index contributed by atoms with van der Waals surface area (Å²) in [4.78, 5) is 26.3. The molecular formula is C18H15ClN2O3. The molecule has 0 spiro atoms. The van der Waals surface area contributed by atoms with E-state index >= 15 is 0 Å². The molecule has 5 nitrogen and oxygen atoms in total. The summed E-state index contributed by atoms with van der Waals surface area (Å²) in [6.45, 7) is 1.70. The molecule has 0 unspecified atom stereocenters. The van der Waals surface area contributed by atoms with Crippen molar-refractivity contribution in [2.75, 3.05) is 11.9 Å². The molecule has 24 heavy (non-hydrogen) atoms. The van der Waals surface area contributed by atoms with Crippen LogP contribution in [-0.2, 0) is 4.79 Å². The SMILES string of the molecule is Cc1ccc(Cl)cc1NC(=O)COc1cccc2ccc(=O)[nH]c12. The smallest absolute Gasteiger partial charge is 0.262 e. The minimum atomic E-state index is -0.310. The van der Waals surface area contributed by atoms with Gasteiger partial charge < -0.3 is 15.0 Å². The van der Waals surface area contributed by atoms with Crippen LogP contribution >= 0.6 is 11.6 Å². The third kappa shape index (κ3) is 3.58. The highest BCUT2D eigenvalue weighted by molar-refractivity contribution is 6.31. The van der Waals surface area contributed by atoms with E-state index in [0.717, 1.165) is 10.9 Å². The molecule has 0 saturated carbocycles. The molecule has 0 aliphatic rings. The van der Waals surface area contributed by atoms with Crippen LogP contribution < -0.4 is 15.6 Å². The lowest BCUT2D eigenvalue weighted by molar-refractivity contribution is -0.118. The topological polar surface area (TPSA) is 71.2 Å². The second kappa shape index (κ2) is 6.76. The highest BCUT2D eigenvalue weighted by Crippen LogP contribution is 2.23. The number of hydrogen-bond acceptors (Lipinski definition) is 3. The Bertz CT molecular complexity index is 966. The number of rotatable bonds is 4. The molecule has 3 aromatic rings. The van der Waals surface area contributed by atoms with Crippen molar-refractivity contribution in [3.63, 3.8) is 0 Å². The first-order valence-electron chi connectivity index (χ1n) is 7.34. The van der Waals surface area contributed by atoms with E-state index in [1.165, 1.54) is 6.07 Å². The number of anilines is 1. The van der Waals surface area contributed by atoms with Gasteiger partial charge in [0.2, 0.25) is 5.56 Å². The number of pyridine rings is 1. The second-order valence-electron chi connectivity index (χ2n) is 5.34. The molecule has 0 saturated heterocycles. The Kier molecular flexibility index (Phi) is 4.53. The number of halogens is 1. The number of ether oxygens (including phenoxy) is 1. The van der Waals surface area contributed by atoms with Crippen molar-refractivity contribution >= 4 is 34.1 Å². The Morgan fingerprint density at radius 3 is 2.88 bits per heavy atom. The van der Waals surface area contributed by atoms with E-state index in [1.54, 1.807) is 30.3 Å². The lowest BCUT2D eigenvalue weighted by Gasteiger charge is -2.11. The third-order valence-corrected chi connectivity index (χ3v) is 3.79. The highest BCUT2D eigenvalue weighted by atomic mass is 35.5. The van der Waals surface area contributed by atoms with Gasteiger partial charge in [0, 0.05) is 22.2 Å². The quantitative estimate of drug-likeness (QED) is 0.762. The van der Waals surface area contributed by atoms with Gasteiger partial charge in [0.05, 0.1) is 5.52 Å². The number of H-pyrrole nitrogens is 1. The van der Waals surface area contributed by atoms with Gasteiger partial charge in [-0.1, -0.05) is 29.8 Å². The highest BCUT2D eigenvalue weighted by Gasteiger charge is 2.09. The number of carbonyl (C=O) groups excluding carboxylic acids is 1. The summed E-state index contributed by atoms with van der Waals surface area (Å²) in [7, 11) is 0. The molecule has 0 fully saturated rings. The predicted molar refractivity (Wildman–Crippen MR) is 94.9 cm³/mol. The third-order valence-electron chi connectivity index (χ3n) is 3.55. The predicted octanol–water partition coefficient (Wildman–Crippen LogP) is 3.51. The molecule has 1 aromatic heterocycles. The molecule has 2 N–H and O–H groups in total. The molecule has 0 bridgehead atoms. The van der Waals surface area contributed by atoms with Gasteiger partial charge in [-0.15, -0.1) is 0 Å². The fraction of sp³-hybridized carbons (Fsp3) is 0.111. The first-order chi connectivity index (χ1) is 11.5. The summed E-state index contributed by atoms with van der Waals surface area (Å²) in [6, 6.07) is 13.8. The van der Waals surface area contributed by atoms with E-state index in [4.69, 9.17) is 16.3 Å². The zero-order valence-corrected chi connectivity index (χ0v) is 13.7. The first kappa shape index (κ1) is 16.1. The minimum Gasteiger partial charge on any atom is -0.482 e. The summed E-state index contributed by atoms with van der Waals surface area (Å²) >= 11 is 5.94. The molecule has 122 valence electrons. The van der Waals surface area contributed by atoms with Gasteiger partial charge in [-0.05, 0) is 36.8 Å². The maximum Gasteiger partial charge on any atom is 0.262 e. The average molecular weight is 343 g/mol. The summed E-state index contributed by atoms with van der Waals surface area (Å²) in [5, 5.41) is 4.14. The molecule has 3 rings (SSSR count). The molecule has 0 radical (unpaired) electrons. The van der Waals surface area contributed by atoms with Crippen LogP contribution in [0.4, 0.5) is 5.69 Å². The van der Waals surface area contributed by atoms with Gasteiger partial charge in [0.1, 0.15) is 5.75 Å². The molecule has 0 aliphatic heterocycles. The lowest BCUT2D eigenvalue weighted by Crippen LogP contribution is -2.21. The molecule has 1 heterocycles. The average Bonchev–Trinajstić information content (AvgIpc) is 2.56. The summed E-state index contributed by atoms with van der Waals surface area (Å²) in [6.07, 6.45) is 0. The second-order valence-corrected chi connectivity index (χ2v) is 5.78. The van der Waals surface area contributed by atoms with Crippen LogP contribution in [0.5, 0.6) is 5.75 Å². The van der Waals surface area contributed by atoms with Gasteiger partial charge >= 0.3 is 0 Å². The number of aryl methyl sites for hydroxylation is 1. The zero-order valence-electron chi connectivity index (χ0n) is 12.9. The Morgan fingerprint density at radius 2 is 2.04 bits per heavy atom. The number of aromatic amines is 1. The maximum atomic E-state index is 12.1. The van der Waals surface area contributed by atoms with Crippen molar-refractivity contribution in [1.29, 1.82) is 0 Å². The van der Waals surface area contributed by atoms with E-state index in [1.807, 2.05) is 19.1 Å². The van der Waals surface area contributed by atoms with E-state index < -0.39 is 0 Å². The van der Waals surface area contributed by atoms with Crippen LogP contribution in [-0.4, -0.2) is 17.5 Å². The minimum absolute atomic E-state index is 0.179. The van der Waals surface area contributed by atoms with Crippen LogP contribution in [0, 0.1) is 6.92 Å². The molecule has 0 atom stereocenters. The van der Waals surface area contributed by atoms with Crippen molar-refractivity contribution in [2.24, 2.45) is 0 Å².